The lowest BCUT2D eigenvalue weighted by molar-refractivity contribution is 0.311. The van der Waals surface area contributed by atoms with Crippen LogP contribution in [-0.4, -0.2) is 16.6 Å². The number of rotatable bonds is 3. The number of alkyl halides is 1. The first-order chi connectivity index (χ1) is 5.76. The predicted octanol–water partition coefficient (Wildman–Crippen LogP) is 1.92. The molecule has 0 saturated heterocycles. The van der Waals surface area contributed by atoms with Gasteiger partial charge in [-0.15, -0.1) is 11.6 Å². The SMILES string of the molecule is CCOc1nc(C)cc(CCl)n1. The van der Waals surface area contributed by atoms with Gasteiger partial charge in [-0.3, -0.25) is 0 Å². The van der Waals surface area contributed by atoms with Crippen molar-refractivity contribution in [1.29, 1.82) is 0 Å². The fraction of sp³-hybridized carbons (Fsp3) is 0.500. The number of aromatic nitrogens is 2. The van der Waals surface area contributed by atoms with Crippen LogP contribution in [0.4, 0.5) is 0 Å². The van der Waals surface area contributed by atoms with E-state index in [-0.39, 0.29) is 0 Å². The van der Waals surface area contributed by atoms with Crippen molar-refractivity contribution in [3.63, 3.8) is 0 Å². The van der Waals surface area contributed by atoms with Crippen LogP contribution in [0.5, 0.6) is 6.01 Å². The van der Waals surface area contributed by atoms with E-state index >= 15 is 0 Å². The molecule has 0 unspecified atom stereocenters. The standard InChI is InChI=1S/C8H11ClN2O/c1-3-12-8-10-6(2)4-7(5-9)11-8/h4H,3,5H2,1-2H3. The van der Waals surface area contributed by atoms with Crippen LogP contribution in [0.2, 0.25) is 0 Å². The molecule has 0 amide bonds. The van der Waals surface area contributed by atoms with Gasteiger partial charge < -0.3 is 4.74 Å². The Hall–Kier alpha value is -0.830. The first-order valence-electron chi connectivity index (χ1n) is 3.79. The van der Waals surface area contributed by atoms with Gasteiger partial charge in [0.05, 0.1) is 18.2 Å². The van der Waals surface area contributed by atoms with Gasteiger partial charge in [0.2, 0.25) is 0 Å². The van der Waals surface area contributed by atoms with E-state index in [1.165, 1.54) is 0 Å². The van der Waals surface area contributed by atoms with E-state index in [4.69, 9.17) is 16.3 Å². The van der Waals surface area contributed by atoms with E-state index in [2.05, 4.69) is 9.97 Å². The summed E-state index contributed by atoms with van der Waals surface area (Å²) in [6.45, 7) is 4.36. The normalized spacial score (nSPS) is 9.92. The number of halogens is 1. The van der Waals surface area contributed by atoms with Crippen molar-refractivity contribution in [2.75, 3.05) is 6.61 Å². The largest absolute Gasteiger partial charge is 0.464 e. The van der Waals surface area contributed by atoms with Crippen LogP contribution in [0, 0.1) is 6.92 Å². The summed E-state index contributed by atoms with van der Waals surface area (Å²) < 4.78 is 5.15. The van der Waals surface area contributed by atoms with Crippen LogP contribution in [0.25, 0.3) is 0 Å². The molecule has 0 aliphatic heterocycles. The maximum atomic E-state index is 5.63. The summed E-state index contributed by atoms with van der Waals surface area (Å²) in [5.41, 5.74) is 1.68. The van der Waals surface area contributed by atoms with Crippen molar-refractivity contribution in [3.8, 4) is 6.01 Å². The first-order valence-corrected chi connectivity index (χ1v) is 4.33. The second-order valence-electron chi connectivity index (χ2n) is 2.35. The molecule has 0 aromatic carbocycles. The Morgan fingerprint density at radius 1 is 1.50 bits per heavy atom. The monoisotopic (exact) mass is 186 g/mol. The van der Waals surface area contributed by atoms with Crippen LogP contribution in [0.1, 0.15) is 18.3 Å². The zero-order chi connectivity index (χ0) is 8.97. The van der Waals surface area contributed by atoms with E-state index in [1.807, 2.05) is 19.9 Å². The fourth-order valence-corrected chi connectivity index (χ4v) is 1.00. The number of nitrogens with zero attached hydrogens (tertiary/aromatic N) is 2. The second kappa shape index (κ2) is 4.26. The van der Waals surface area contributed by atoms with Crippen molar-refractivity contribution < 1.29 is 4.74 Å². The lowest BCUT2D eigenvalue weighted by Gasteiger charge is -2.03. The summed E-state index contributed by atoms with van der Waals surface area (Å²) in [6.07, 6.45) is 0. The highest BCUT2D eigenvalue weighted by Crippen LogP contribution is 2.08. The maximum absolute atomic E-state index is 5.63. The molecule has 0 fully saturated rings. The summed E-state index contributed by atoms with van der Waals surface area (Å²) in [6, 6.07) is 2.25. The van der Waals surface area contributed by atoms with Gasteiger partial charge in [-0.25, -0.2) is 4.98 Å². The average molecular weight is 187 g/mol. The molecule has 0 aliphatic carbocycles. The van der Waals surface area contributed by atoms with Crippen LogP contribution >= 0.6 is 11.6 Å². The van der Waals surface area contributed by atoms with Gasteiger partial charge in [-0.2, -0.15) is 4.98 Å². The topological polar surface area (TPSA) is 35.0 Å². The first kappa shape index (κ1) is 9.26. The number of aryl methyl sites for hydroxylation is 1. The molecular formula is C8H11ClN2O. The third-order valence-electron chi connectivity index (χ3n) is 1.30. The molecule has 0 saturated carbocycles. The Bertz CT molecular complexity index is 265. The van der Waals surface area contributed by atoms with Gasteiger partial charge in [-0.1, -0.05) is 0 Å². The quantitative estimate of drug-likeness (QED) is 0.677. The molecule has 0 radical (unpaired) electrons. The Kier molecular flexibility index (Phi) is 3.29. The third-order valence-corrected chi connectivity index (χ3v) is 1.57. The Morgan fingerprint density at radius 2 is 2.25 bits per heavy atom. The summed E-state index contributed by atoms with van der Waals surface area (Å²) in [7, 11) is 0. The van der Waals surface area contributed by atoms with E-state index in [0.717, 1.165) is 11.4 Å². The number of ether oxygens (including phenoxy) is 1. The summed E-state index contributed by atoms with van der Waals surface area (Å²) in [5.74, 6) is 0.392. The third kappa shape index (κ3) is 2.34. The molecule has 1 heterocycles. The number of hydrogen-bond donors (Lipinski definition) is 0. The molecule has 0 N–H and O–H groups in total. The van der Waals surface area contributed by atoms with Crippen molar-refractivity contribution in [2.24, 2.45) is 0 Å². The Labute approximate surface area is 76.7 Å². The Balaban J connectivity index is 2.90. The van der Waals surface area contributed by atoms with Crippen molar-refractivity contribution >= 4 is 11.6 Å². The molecule has 0 atom stereocenters. The van der Waals surface area contributed by atoms with Crippen molar-refractivity contribution in [3.05, 3.63) is 17.5 Å². The molecule has 4 heteroatoms. The summed E-state index contributed by atoms with van der Waals surface area (Å²) >= 11 is 5.63. The Morgan fingerprint density at radius 3 is 2.83 bits per heavy atom. The minimum absolute atomic E-state index is 0.392. The molecule has 0 bridgehead atoms. The van der Waals surface area contributed by atoms with Crippen LogP contribution in [0.3, 0.4) is 0 Å². The highest BCUT2D eigenvalue weighted by molar-refractivity contribution is 6.16. The molecule has 1 aromatic heterocycles. The van der Waals surface area contributed by atoms with Gasteiger partial charge in [-0.05, 0) is 19.9 Å². The van der Waals surface area contributed by atoms with Crippen LogP contribution < -0.4 is 4.74 Å². The van der Waals surface area contributed by atoms with Gasteiger partial charge in [0.25, 0.3) is 0 Å². The van der Waals surface area contributed by atoms with Crippen LogP contribution in [-0.2, 0) is 5.88 Å². The van der Waals surface area contributed by atoms with Crippen LogP contribution in [0.15, 0.2) is 6.07 Å². The highest BCUT2D eigenvalue weighted by Gasteiger charge is 2.00. The molecule has 3 nitrogen and oxygen atoms in total. The zero-order valence-corrected chi connectivity index (χ0v) is 7.93. The summed E-state index contributed by atoms with van der Waals surface area (Å²) in [5, 5.41) is 0. The number of hydrogen-bond acceptors (Lipinski definition) is 3. The van der Waals surface area contributed by atoms with Crippen molar-refractivity contribution in [2.45, 2.75) is 19.7 Å². The second-order valence-corrected chi connectivity index (χ2v) is 2.62. The van der Waals surface area contributed by atoms with Gasteiger partial charge >= 0.3 is 6.01 Å². The maximum Gasteiger partial charge on any atom is 0.316 e. The minimum atomic E-state index is 0.392. The fourth-order valence-electron chi connectivity index (χ4n) is 0.866. The molecule has 0 aliphatic rings. The van der Waals surface area contributed by atoms with E-state index in [1.54, 1.807) is 0 Å². The van der Waals surface area contributed by atoms with Crippen molar-refractivity contribution in [1.82, 2.24) is 9.97 Å². The van der Waals surface area contributed by atoms with E-state index in [0.29, 0.717) is 18.5 Å². The lowest BCUT2D eigenvalue weighted by atomic mass is 10.4. The molecule has 1 aromatic rings. The van der Waals surface area contributed by atoms with Gasteiger partial charge in [0.1, 0.15) is 0 Å². The van der Waals surface area contributed by atoms with Gasteiger partial charge in [0.15, 0.2) is 0 Å². The smallest absolute Gasteiger partial charge is 0.316 e. The molecule has 66 valence electrons. The van der Waals surface area contributed by atoms with E-state index in [9.17, 15) is 0 Å². The predicted molar refractivity (Wildman–Crippen MR) is 47.5 cm³/mol. The molecular weight excluding hydrogens is 176 g/mol. The van der Waals surface area contributed by atoms with Gasteiger partial charge in [0, 0.05) is 5.69 Å². The molecule has 0 spiro atoms. The zero-order valence-electron chi connectivity index (χ0n) is 7.17. The molecule has 12 heavy (non-hydrogen) atoms. The lowest BCUT2D eigenvalue weighted by Crippen LogP contribution is -2.00. The molecule has 1 rings (SSSR count). The summed E-state index contributed by atoms with van der Waals surface area (Å²) in [4.78, 5) is 8.16. The average Bonchev–Trinajstić information content (AvgIpc) is 2.04. The highest BCUT2D eigenvalue weighted by atomic mass is 35.5. The van der Waals surface area contributed by atoms with E-state index < -0.39 is 0 Å². The minimum Gasteiger partial charge on any atom is -0.464 e.